The Kier molecular flexibility index (Phi) is 4.83. The van der Waals surface area contributed by atoms with Crippen LogP contribution < -0.4 is 5.32 Å². The van der Waals surface area contributed by atoms with Gasteiger partial charge in [-0.1, -0.05) is 17.8 Å². The third-order valence-corrected chi connectivity index (χ3v) is 4.24. The molecule has 0 aromatic heterocycles. The third kappa shape index (κ3) is 3.34. The molecular formula is C11H15F3N2O4S. The second kappa shape index (κ2) is 6.13. The van der Waals surface area contributed by atoms with E-state index in [4.69, 9.17) is 4.74 Å². The highest BCUT2D eigenvalue weighted by atomic mass is 32.2. The Balaban J connectivity index is 2.10. The molecule has 21 heavy (non-hydrogen) atoms. The number of ether oxygens (including phenoxy) is 1. The van der Waals surface area contributed by atoms with E-state index in [0.29, 0.717) is 11.7 Å². The Morgan fingerprint density at radius 2 is 2.10 bits per heavy atom. The lowest BCUT2D eigenvalue weighted by Gasteiger charge is -2.40. The van der Waals surface area contributed by atoms with Gasteiger partial charge in [-0.25, -0.2) is 0 Å². The van der Waals surface area contributed by atoms with Gasteiger partial charge in [-0.3, -0.25) is 4.99 Å². The summed E-state index contributed by atoms with van der Waals surface area (Å²) < 4.78 is 42.7. The van der Waals surface area contributed by atoms with Crippen LogP contribution in [0, 0.1) is 0 Å². The Labute approximate surface area is 122 Å². The van der Waals surface area contributed by atoms with Gasteiger partial charge in [0.05, 0.1) is 0 Å². The van der Waals surface area contributed by atoms with Crippen LogP contribution >= 0.6 is 11.8 Å². The molecule has 4 N–H and O–H groups in total. The first kappa shape index (κ1) is 16.6. The van der Waals surface area contributed by atoms with E-state index in [1.54, 1.807) is 6.08 Å². The average Bonchev–Trinajstić information content (AvgIpc) is 2.82. The number of fused-ring (bicyclic) bond motifs is 1. The van der Waals surface area contributed by atoms with Crippen molar-refractivity contribution in [3.8, 4) is 0 Å². The number of amidine groups is 1. The van der Waals surface area contributed by atoms with Crippen LogP contribution in [0.4, 0.5) is 13.2 Å². The molecule has 2 aliphatic heterocycles. The van der Waals surface area contributed by atoms with Crippen LogP contribution in [0.1, 0.15) is 0 Å². The van der Waals surface area contributed by atoms with Crippen molar-refractivity contribution in [2.24, 2.45) is 4.99 Å². The van der Waals surface area contributed by atoms with Crippen LogP contribution in [0.15, 0.2) is 17.6 Å². The number of halogens is 3. The van der Waals surface area contributed by atoms with Gasteiger partial charge in [0.25, 0.3) is 0 Å². The van der Waals surface area contributed by atoms with E-state index in [1.165, 1.54) is 0 Å². The van der Waals surface area contributed by atoms with Crippen LogP contribution in [0.5, 0.6) is 0 Å². The molecule has 0 amide bonds. The van der Waals surface area contributed by atoms with Crippen molar-refractivity contribution in [2.45, 2.75) is 42.1 Å². The lowest BCUT2D eigenvalue weighted by molar-refractivity contribution is -0.271. The highest BCUT2D eigenvalue weighted by Gasteiger charge is 2.55. The number of hydrogen-bond donors (Lipinski definition) is 4. The molecule has 2 aliphatic rings. The fourth-order valence-electron chi connectivity index (χ4n) is 2.08. The minimum Gasteiger partial charge on any atom is -0.388 e. The summed E-state index contributed by atoms with van der Waals surface area (Å²) >= 11 is 0.991. The standard InChI is InChI=1S/C11H15F3N2O4S/c1-2-3-15-10-16-4-5(17)6(18)7(20-9(4)21-10)8(19)11(12,13)14/h2,4-9,17-19H,1,3H2,(H,15,16)/t4?,5?,6?,7?,8-,9?/m1/s1. The van der Waals surface area contributed by atoms with Crippen LogP contribution in [0.2, 0.25) is 0 Å². The van der Waals surface area contributed by atoms with E-state index in [0.717, 1.165) is 11.8 Å². The first-order chi connectivity index (χ1) is 9.75. The van der Waals surface area contributed by atoms with Crippen molar-refractivity contribution in [3.05, 3.63) is 12.7 Å². The summed E-state index contributed by atoms with van der Waals surface area (Å²) in [6.07, 6.45) is -11.7. The smallest absolute Gasteiger partial charge is 0.388 e. The second-order valence-electron chi connectivity index (χ2n) is 4.65. The number of aliphatic imine (C=N–C) groups is 1. The zero-order valence-corrected chi connectivity index (χ0v) is 11.5. The van der Waals surface area contributed by atoms with Crippen molar-refractivity contribution >= 4 is 16.9 Å². The summed E-state index contributed by atoms with van der Waals surface area (Å²) in [5, 5.41) is 32.1. The van der Waals surface area contributed by atoms with E-state index < -0.39 is 42.1 Å². The van der Waals surface area contributed by atoms with Gasteiger partial charge in [0, 0.05) is 6.54 Å². The molecule has 0 aromatic rings. The van der Waals surface area contributed by atoms with Crippen LogP contribution in [0.25, 0.3) is 0 Å². The molecule has 0 saturated carbocycles. The Bertz CT molecular complexity index is 434. The normalized spacial score (nSPS) is 37.6. The number of aliphatic hydroxyl groups is 3. The van der Waals surface area contributed by atoms with Crippen LogP contribution in [-0.2, 0) is 4.74 Å². The fourth-order valence-corrected chi connectivity index (χ4v) is 3.19. The summed E-state index contributed by atoms with van der Waals surface area (Å²) in [6, 6.07) is -0.894. The molecule has 6 nitrogen and oxygen atoms in total. The molecule has 0 radical (unpaired) electrons. The number of hydrogen-bond acceptors (Lipinski definition) is 7. The molecular weight excluding hydrogens is 313 g/mol. The molecule has 0 spiro atoms. The maximum atomic E-state index is 12.5. The van der Waals surface area contributed by atoms with E-state index in [2.05, 4.69) is 16.9 Å². The van der Waals surface area contributed by atoms with Gasteiger partial charge >= 0.3 is 6.18 Å². The van der Waals surface area contributed by atoms with Gasteiger partial charge in [0.1, 0.15) is 29.8 Å². The quantitative estimate of drug-likeness (QED) is 0.527. The molecule has 10 heteroatoms. The number of nitrogens with one attached hydrogen (secondary N) is 1. The number of thioether (sulfide) groups is 1. The summed E-state index contributed by atoms with van der Waals surface area (Å²) in [7, 11) is 0. The maximum absolute atomic E-state index is 12.5. The first-order valence-corrected chi connectivity index (χ1v) is 6.99. The Morgan fingerprint density at radius 3 is 2.67 bits per heavy atom. The van der Waals surface area contributed by atoms with Crippen LogP contribution in [-0.4, -0.2) is 69.1 Å². The van der Waals surface area contributed by atoms with Gasteiger partial charge in [-0.2, -0.15) is 13.2 Å². The van der Waals surface area contributed by atoms with Crippen molar-refractivity contribution in [1.29, 1.82) is 0 Å². The molecule has 1 saturated heterocycles. The SMILES string of the molecule is C=CCNC1=NC2C(OC([C@@H](O)C(F)(F)F)C(O)C2O)S1. The highest BCUT2D eigenvalue weighted by molar-refractivity contribution is 8.14. The molecule has 0 aromatic carbocycles. The number of aliphatic hydroxyl groups excluding tert-OH is 3. The molecule has 0 bridgehead atoms. The van der Waals surface area contributed by atoms with E-state index in [9.17, 15) is 28.5 Å². The minimum atomic E-state index is -4.95. The van der Waals surface area contributed by atoms with Gasteiger partial charge in [-0.15, -0.1) is 6.58 Å². The highest BCUT2D eigenvalue weighted by Crippen LogP contribution is 2.38. The van der Waals surface area contributed by atoms with Gasteiger partial charge < -0.3 is 25.4 Å². The second-order valence-corrected chi connectivity index (χ2v) is 5.74. The lowest BCUT2D eigenvalue weighted by Crippen LogP contribution is -2.60. The topological polar surface area (TPSA) is 94.3 Å². The third-order valence-electron chi connectivity index (χ3n) is 3.14. The predicted molar refractivity (Wildman–Crippen MR) is 69.8 cm³/mol. The number of nitrogens with zero attached hydrogens (tertiary/aromatic N) is 1. The maximum Gasteiger partial charge on any atom is 0.417 e. The summed E-state index contributed by atoms with van der Waals surface area (Å²) in [5.41, 5.74) is -0.905. The average molecular weight is 328 g/mol. The summed E-state index contributed by atoms with van der Waals surface area (Å²) in [4.78, 5) is 4.06. The Hall–Kier alpha value is -0.810. The zero-order valence-electron chi connectivity index (χ0n) is 10.7. The van der Waals surface area contributed by atoms with E-state index >= 15 is 0 Å². The first-order valence-electron chi connectivity index (χ1n) is 6.11. The van der Waals surface area contributed by atoms with Gasteiger partial charge in [-0.05, 0) is 0 Å². The number of rotatable bonds is 3. The van der Waals surface area contributed by atoms with E-state index in [-0.39, 0.29) is 0 Å². The molecule has 1 fully saturated rings. The van der Waals surface area contributed by atoms with Crippen molar-refractivity contribution in [2.75, 3.05) is 6.54 Å². The predicted octanol–water partition coefficient (Wildman–Crippen LogP) is -0.397. The van der Waals surface area contributed by atoms with E-state index in [1.807, 2.05) is 0 Å². The molecule has 0 aliphatic carbocycles. The molecule has 6 atom stereocenters. The minimum absolute atomic E-state index is 0.373. The van der Waals surface area contributed by atoms with Crippen molar-refractivity contribution in [1.82, 2.24) is 5.32 Å². The lowest BCUT2D eigenvalue weighted by atomic mass is 9.94. The zero-order chi connectivity index (χ0) is 15.8. The van der Waals surface area contributed by atoms with Gasteiger partial charge in [0.2, 0.25) is 0 Å². The fraction of sp³-hybridized carbons (Fsp3) is 0.727. The van der Waals surface area contributed by atoms with Crippen molar-refractivity contribution < 1.29 is 33.2 Å². The molecule has 2 heterocycles. The largest absolute Gasteiger partial charge is 0.417 e. The van der Waals surface area contributed by atoms with Gasteiger partial charge in [0.15, 0.2) is 11.3 Å². The van der Waals surface area contributed by atoms with Crippen LogP contribution in [0.3, 0.4) is 0 Å². The monoisotopic (exact) mass is 328 g/mol. The summed E-state index contributed by atoms with van der Waals surface area (Å²) in [5.74, 6) is 0. The molecule has 120 valence electrons. The number of alkyl halides is 3. The summed E-state index contributed by atoms with van der Waals surface area (Å²) in [6.45, 7) is 3.88. The van der Waals surface area contributed by atoms with Crippen molar-refractivity contribution in [3.63, 3.8) is 0 Å². The molecule has 2 rings (SSSR count). The Morgan fingerprint density at radius 1 is 1.43 bits per heavy atom. The molecule has 5 unspecified atom stereocenters.